The van der Waals surface area contributed by atoms with E-state index in [2.05, 4.69) is 23.9 Å². The minimum atomic E-state index is 0.486. The van der Waals surface area contributed by atoms with Crippen LogP contribution in [0.4, 0.5) is 0 Å². The van der Waals surface area contributed by atoms with Gasteiger partial charge < -0.3 is 15.5 Å². The Morgan fingerprint density at radius 3 is 2.44 bits per heavy atom. The summed E-state index contributed by atoms with van der Waals surface area (Å²) < 4.78 is 0. The van der Waals surface area contributed by atoms with E-state index >= 15 is 0 Å². The van der Waals surface area contributed by atoms with E-state index in [4.69, 9.17) is 5.73 Å². The van der Waals surface area contributed by atoms with Gasteiger partial charge in [0.25, 0.3) is 0 Å². The monoisotopic (exact) mass is 253 g/mol. The van der Waals surface area contributed by atoms with Crippen LogP contribution in [0.5, 0.6) is 0 Å². The maximum Gasteiger partial charge on any atom is 0.0217 e. The fourth-order valence-electron chi connectivity index (χ4n) is 3.52. The molecular weight excluding hydrogens is 222 g/mol. The van der Waals surface area contributed by atoms with Crippen molar-refractivity contribution in [2.24, 2.45) is 11.7 Å². The van der Waals surface area contributed by atoms with Crippen molar-refractivity contribution in [1.82, 2.24) is 9.80 Å². The van der Waals surface area contributed by atoms with Crippen LogP contribution in [0.25, 0.3) is 0 Å². The van der Waals surface area contributed by atoms with Crippen LogP contribution in [0.1, 0.15) is 44.9 Å². The van der Waals surface area contributed by atoms with Gasteiger partial charge in [-0.1, -0.05) is 6.42 Å². The summed E-state index contributed by atoms with van der Waals surface area (Å²) in [4.78, 5) is 5.13. The van der Waals surface area contributed by atoms with Crippen molar-refractivity contribution < 1.29 is 0 Å². The molecule has 1 unspecified atom stereocenters. The molecule has 3 nitrogen and oxygen atoms in total. The van der Waals surface area contributed by atoms with Crippen LogP contribution in [-0.2, 0) is 0 Å². The van der Waals surface area contributed by atoms with Crippen molar-refractivity contribution >= 4 is 0 Å². The van der Waals surface area contributed by atoms with E-state index in [-0.39, 0.29) is 0 Å². The Morgan fingerprint density at radius 1 is 1.06 bits per heavy atom. The molecule has 0 aromatic heterocycles. The van der Waals surface area contributed by atoms with Crippen LogP contribution in [-0.4, -0.2) is 55.6 Å². The molecule has 0 amide bonds. The fraction of sp³-hybridized carbons (Fsp3) is 1.00. The summed E-state index contributed by atoms with van der Waals surface area (Å²) in [5, 5.41) is 0. The highest BCUT2D eigenvalue weighted by Gasteiger charge is 2.24. The lowest BCUT2D eigenvalue weighted by molar-refractivity contribution is 0.159. The van der Waals surface area contributed by atoms with Crippen LogP contribution in [0.2, 0.25) is 0 Å². The normalized spacial score (nSPS) is 35.7. The maximum absolute atomic E-state index is 6.00. The van der Waals surface area contributed by atoms with E-state index in [0.717, 1.165) is 12.0 Å². The van der Waals surface area contributed by atoms with Gasteiger partial charge in [-0.25, -0.2) is 0 Å². The third-order valence-corrected chi connectivity index (χ3v) is 4.87. The largest absolute Gasteiger partial charge is 0.328 e. The van der Waals surface area contributed by atoms with E-state index in [9.17, 15) is 0 Å². The Morgan fingerprint density at radius 2 is 1.78 bits per heavy atom. The summed E-state index contributed by atoms with van der Waals surface area (Å²) in [5.41, 5.74) is 6.00. The molecule has 106 valence electrons. The van der Waals surface area contributed by atoms with Crippen LogP contribution in [0.15, 0.2) is 0 Å². The van der Waals surface area contributed by atoms with Gasteiger partial charge >= 0.3 is 0 Å². The Bertz CT molecular complexity index is 234. The molecule has 3 heteroatoms. The smallest absolute Gasteiger partial charge is 0.0217 e. The van der Waals surface area contributed by atoms with Crippen LogP contribution in [0, 0.1) is 5.92 Å². The van der Waals surface area contributed by atoms with E-state index in [1.807, 2.05) is 0 Å². The van der Waals surface area contributed by atoms with Gasteiger partial charge in [0, 0.05) is 25.2 Å². The summed E-state index contributed by atoms with van der Waals surface area (Å²) in [6.45, 7) is 3.90. The maximum atomic E-state index is 6.00. The topological polar surface area (TPSA) is 32.5 Å². The van der Waals surface area contributed by atoms with E-state index in [1.165, 1.54) is 64.6 Å². The average molecular weight is 253 g/mol. The summed E-state index contributed by atoms with van der Waals surface area (Å²) in [7, 11) is 4.46. The second-order valence-electron chi connectivity index (χ2n) is 6.65. The molecule has 2 N–H and O–H groups in total. The first-order chi connectivity index (χ1) is 8.65. The highest BCUT2D eigenvalue weighted by Crippen LogP contribution is 2.25. The molecular formula is C15H31N3. The lowest BCUT2D eigenvalue weighted by Gasteiger charge is -2.33. The lowest BCUT2D eigenvalue weighted by atomic mass is 9.86. The van der Waals surface area contributed by atoms with Crippen molar-refractivity contribution in [2.75, 3.05) is 33.7 Å². The van der Waals surface area contributed by atoms with Crippen molar-refractivity contribution in [1.29, 1.82) is 0 Å². The molecule has 1 aliphatic carbocycles. The molecule has 1 saturated carbocycles. The molecule has 0 aromatic rings. The van der Waals surface area contributed by atoms with Gasteiger partial charge in [-0.3, -0.25) is 0 Å². The number of nitrogens with zero attached hydrogens (tertiary/aromatic N) is 2. The van der Waals surface area contributed by atoms with Crippen molar-refractivity contribution in [2.45, 2.75) is 57.0 Å². The highest BCUT2D eigenvalue weighted by atomic mass is 15.2. The molecule has 0 spiro atoms. The molecule has 1 heterocycles. The molecule has 2 fully saturated rings. The molecule has 2 aliphatic rings. The van der Waals surface area contributed by atoms with Gasteiger partial charge in [0.2, 0.25) is 0 Å². The van der Waals surface area contributed by atoms with Crippen molar-refractivity contribution in [3.8, 4) is 0 Å². The Balaban J connectivity index is 1.80. The number of rotatable bonds is 3. The van der Waals surface area contributed by atoms with Crippen LogP contribution >= 0.6 is 0 Å². The molecule has 1 atom stereocenters. The van der Waals surface area contributed by atoms with E-state index in [0.29, 0.717) is 6.04 Å². The second kappa shape index (κ2) is 6.88. The molecule has 2 rings (SSSR count). The molecule has 0 aromatic carbocycles. The standard InChI is InChI=1S/C15H31N3/c1-17(2)15-5-3-4-10-18(12-15)11-13-6-8-14(16)9-7-13/h13-15H,3-12,16H2,1-2H3. The minimum Gasteiger partial charge on any atom is -0.328 e. The SMILES string of the molecule is CN(C)C1CCCCN(CC2CCC(N)CC2)C1. The van der Waals surface area contributed by atoms with E-state index in [1.54, 1.807) is 0 Å². The Kier molecular flexibility index (Phi) is 5.46. The number of hydrogen-bond donors (Lipinski definition) is 1. The quantitative estimate of drug-likeness (QED) is 0.834. The Labute approximate surface area is 113 Å². The van der Waals surface area contributed by atoms with Crippen LogP contribution < -0.4 is 5.73 Å². The van der Waals surface area contributed by atoms with Gasteiger partial charge in [0.1, 0.15) is 0 Å². The number of likely N-dealkylation sites (N-methyl/N-ethyl adjacent to an activating group) is 1. The zero-order valence-electron chi connectivity index (χ0n) is 12.3. The molecule has 1 aliphatic heterocycles. The summed E-state index contributed by atoms with van der Waals surface area (Å²) >= 11 is 0. The molecule has 18 heavy (non-hydrogen) atoms. The van der Waals surface area contributed by atoms with Crippen molar-refractivity contribution in [3.63, 3.8) is 0 Å². The number of nitrogens with two attached hydrogens (primary N) is 1. The molecule has 1 saturated heterocycles. The lowest BCUT2D eigenvalue weighted by Crippen LogP contribution is -2.41. The summed E-state index contributed by atoms with van der Waals surface area (Å²) in [6, 6.07) is 1.25. The third-order valence-electron chi connectivity index (χ3n) is 4.87. The predicted molar refractivity (Wildman–Crippen MR) is 77.7 cm³/mol. The molecule has 0 radical (unpaired) electrons. The first-order valence-electron chi connectivity index (χ1n) is 7.79. The summed E-state index contributed by atoms with van der Waals surface area (Å²) in [6.07, 6.45) is 9.35. The van der Waals surface area contributed by atoms with Gasteiger partial charge in [-0.2, -0.15) is 0 Å². The zero-order valence-corrected chi connectivity index (χ0v) is 12.3. The highest BCUT2D eigenvalue weighted by molar-refractivity contribution is 4.81. The third kappa shape index (κ3) is 4.22. The summed E-state index contributed by atoms with van der Waals surface area (Å²) in [5.74, 6) is 0.908. The first-order valence-corrected chi connectivity index (χ1v) is 7.79. The fourth-order valence-corrected chi connectivity index (χ4v) is 3.52. The van der Waals surface area contributed by atoms with Gasteiger partial charge in [0.05, 0.1) is 0 Å². The average Bonchev–Trinajstić information content (AvgIpc) is 2.58. The molecule has 0 bridgehead atoms. The second-order valence-corrected chi connectivity index (χ2v) is 6.65. The number of hydrogen-bond acceptors (Lipinski definition) is 3. The number of likely N-dealkylation sites (tertiary alicyclic amines) is 1. The first kappa shape index (κ1) is 14.3. The van der Waals surface area contributed by atoms with Gasteiger partial charge in [0.15, 0.2) is 0 Å². The zero-order chi connectivity index (χ0) is 13.0. The Hall–Kier alpha value is -0.120. The van der Waals surface area contributed by atoms with Gasteiger partial charge in [-0.15, -0.1) is 0 Å². The van der Waals surface area contributed by atoms with E-state index < -0.39 is 0 Å². The van der Waals surface area contributed by atoms with Gasteiger partial charge in [-0.05, 0) is 65.1 Å². The van der Waals surface area contributed by atoms with Crippen LogP contribution in [0.3, 0.4) is 0 Å². The minimum absolute atomic E-state index is 0.486. The van der Waals surface area contributed by atoms with Crippen molar-refractivity contribution in [3.05, 3.63) is 0 Å². The predicted octanol–water partition coefficient (Wildman–Crippen LogP) is 1.92.